The van der Waals surface area contributed by atoms with E-state index in [0.717, 1.165) is 4.57 Å². The van der Waals surface area contributed by atoms with Crippen LogP contribution in [0.15, 0.2) is 28.0 Å². The summed E-state index contributed by atoms with van der Waals surface area (Å²) in [5.74, 6) is 0. The van der Waals surface area contributed by atoms with Crippen LogP contribution in [0.2, 0.25) is 0 Å². The van der Waals surface area contributed by atoms with Crippen molar-refractivity contribution in [2.24, 2.45) is 7.05 Å². The van der Waals surface area contributed by atoms with Crippen molar-refractivity contribution in [2.45, 2.75) is 26.4 Å². The van der Waals surface area contributed by atoms with E-state index in [1.54, 1.807) is 17.8 Å². The Morgan fingerprint density at radius 2 is 2.05 bits per heavy atom. The third-order valence-electron chi connectivity index (χ3n) is 2.87. The molecule has 2 rings (SSSR count). The standard InChI is InChI=1S/C12H17N5O2/c1-8(2)17-5-4-9(14-17)6-16-11(18)10(13)7-15(3)12(16)19/h4-5,7-8H,6,13H2,1-3H3. The molecule has 0 aliphatic heterocycles. The van der Waals surface area contributed by atoms with Crippen LogP contribution in [0.5, 0.6) is 0 Å². The number of rotatable bonds is 3. The highest BCUT2D eigenvalue weighted by atomic mass is 16.2. The first kappa shape index (κ1) is 13.1. The van der Waals surface area contributed by atoms with Gasteiger partial charge in [0.05, 0.1) is 12.2 Å². The van der Waals surface area contributed by atoms with E-state index >= 15 is 0 Å². The summed E-state index contributed by atoms with van der Waals surface area (Å²) in [7, 11) is 1.56. The topological polar surface area (TPSA) is 87.8 Å². The van der Waals surface area contributed by atoms with Crippen molar-refractivity contribution < 1.29 is 0 Å². The molecule has 0 spiro atoms. The molecule has 0 atom stereocenters. The van der Waals surface area contributed by atoms with Crippen LogP contribution in [0.1, 0.15) is 25.6 Å². The summed E-state index contributed by atoms with van der Waals surface area (Å²) in [5, 5.41) is 4.31. The molecule has 2 heterocycles. The van der Waals surface area contributed by atoms with Crippen molar-refractivity contribution in [3.63, 3.8) is 0 Å². The number of hydrogen-bond donors (Lipinski definition) is 1. The zero-order valence-electron chi connectivity index (χ0n) is 11.2. The monoisotopic (exact) mass is 263 g/mol. The van der Waals surface area contributed by atoms with Gasteiger partial charge in [-0.05, 0) is 19.9 Å². The second kappa shape index (κ2) is 4.75. The molecule has 0 amide bonds. The van der Waals surface area contributed by atoms with Gasteiger partial charge in [0.15, 0.2) is 0 Å². The van der Waals surface area contributed by atoms with E-state index in [0.29, 0.717) is 5.69 Å². The molecule has 102 valence electrons. The van der Waals surface area contributed by atoms with Crippen LogP contribution in [-0.2, 0) is 13.6 Å². The van der Waals surface area contributed by atoms with E-state index in [1.807, 2.05) is 20.0 Å². The van der Waals surface area contributed by atoms with Crippen LogP contribution in [0.4, 0.5) is 5.69 Å². The Balaban J connectivity index is 2.43. The number of hydrogen-bond acceptors (Lipinski definition) is 4. The number of aryl methyl sites for hydroxylation is 1. The van der Waals surface area contributed by atoms with E-state index in [1.165, 1.54) is 10.8 Å². The van der Waals surface area contributed by atoms with Crippen molar-refractivity contribution in [1.29, 1.82) is 0 Å². The van der Waals surface area contributed by atoms with Crippen molar-refractivity contribution in [1.82, 2.24) is 18.9 Å². The fourth-order valence-corrected chi connectivity index (χ4v) is 1.80. The molecule has 0 aliphatic carbocycles. The largest absolute Gasteiger partial charge is 0.393 e. The average Bonchev–Trinajstić information content (AvgIpc) is 2.81. The second-order valence-corrected chi connectivity index (χ2v) is 4.75. The van der Waals surface area contributed by atoms with E-state index in [-0.39, 0.29) is 18.3 Å². The van der Waals surface area contributed by atoms with Gasteiger partial charge in [-0.2, -0.15) is 5.10 Å². The minimum absolute atomic E-state index is 0.0467. The van der Waals surface area contributed by atoms with Crippen LogP contribution < -0.4 is 17.0 Å². The molecule has 7 nitrogen and oxygen atoms in total. The maximum atomic E-state index is 11.9. The first-order chi connectivity index (χ1) is 8.90. The molecule has 0 saturated heterocycles. The molecule has 7 heteroatoms. The number of nitrogens with two attached hydrogens (primary N) is 1. The normalized spacial score (nSPS) is 11.2. The van der Waals surface area contributed by atoms with Gasteiger partial charge in [0.2, 0.25) is 0 Å². The third kappa shape index (κ3) is 2.44. The summed E-state index contributed by atoms with van der Waals surface area (Å²) in [6.07, 6.45) is 3.15. The number of nitrogen functional groups attached to an aromatic ring is 1. The lowest BCUT2D eigenvalue weighted by molar-refractivity contribution is 0.520. The molecule has 2 aromatic heterocycles. The smallest absolute Gasteiger partial charge is 0.331 e. The first-order valence-electron chi connectivity index (χ1n) is 6.00. The molecular formula is C12H17N5O2. The zero-order chi connectivity index (χ0) is 14.2. The lowest BCUT2D eigenvalue weighted by atomic mass is 10.4. The van der Waals surface area contributed by atoms with E-state index in [4.69, 9.17) is 5.73 Å². The van der Waals surface area contributed by atoms with Gasteiger partial charge in [0, 0.05) is 25.5 Å². The van der Waals surface area contributed by atoms with Crippen molar-refractivity contribution in [3.8, 4) is 0 Å². The summed E-state index contributed by atoms with van der Waals surface area (Å²) in [5.41, 5.74) is 5.39. The maximum absolute atomic E-state index is 11.9. The second-order valence-electron chi connectivity index (χ2n) is 4.75. The minimum Gasteiger partial charge on any atom is -0.393 e. The van der Waals surface area contributed by atoms with Crippen LogP contribution in [-0.4, -0.2) is 18.9 Å². The summed E-state index contributed by atoms with van der Waals surface area (Å²) in [6, 6.07) is 2.02. The molecule has 0 saturated carbocycles. The highest BCUT2D eigenvalue weighted by Gasteiger charge is 2.10. The molecule has 0 fully saturated rings. The lowest BCUT2D eigenvalue weighted by Crippen LogP contribution is -2.40. The van der Waals surface area contributed by atoms with Gasteiger partial charge in [-0.15, -0.1) is 0 Å². The predicted molar refractivity (Wildman–Crippen MR) is 72.1 cm³/mol. The number of anilines is 1. The summed E-state index contributed by atoms with van der Waals surface area (Å²) < 4.78 is 4.15. The Kier molecular flexibility index (Phi) is 3.28. The Labute approximate surface area is 109 Å². The van der Waals surface area contributed by atoms with Gasteiger partial charge >= 0.3 is 5.69 Å². The van der Waals surface area contributed by atoms with E-state index in [9.17, 15) is 9.59 Å². The van der Waals surface area contributed by atoms with E-state index in [2.05, 4.69) is 5.10 Å². The van der Waals surface area contributed by atoms with E-state index < -0.39 is 11.2 Å². The molecule has 0 radical (unpaired) electrons. The quantitative estimate of drug-likeness (QED) is 0.841. The van der Waals surface area contributed by atoms with Crippen LogP contribution >= 0.6 is 0 Å². The lowest BCUT2D eigenvalue weighted by Gasteiger charge is -2.07. The maximum Gasteiger partial charge on any atom is 0.331 e. The predicted octanol–water partition coefficient (Wildman–Crippen LogP) is -0.0451. The Morgan fingerprint density at radius 1 is 1.37 bits per heavy atom. The van der Waals surface area contributed by atoms with Gasteiger partial charge in [-0.1, -0.05) is 0 Å². The molecule has 2 N–H and O–H groups in total. The van der Waals surface area contributed by atoms with Crippen LogP contribution in [0.3, 0.4) is 0 Å². The van der Waals surface area contributed by atoms with Crippen molar-refractivity contribution in [3.05, 3.63) is 45.0 Å². The van der Waals surface area contributed by atoms with Gasteiger partial charge in [0.1, 0.15) is 5.69 Å². The number of nitrogens with zero attached hydrogens (tertiary/aromatic N) is 4. The Bertz CT molecular complexity index is 673. The van der Waals surface area contributed by atoms with Gasteiger partial charge in [-0.25, -0.2) is 4.79 Å². The molecule has 0 aliphatic rings. The zero-order valence-corrected chi connectivity index (χ0v) is 11.2. The van der Waals surface area contributed by atoms with Crippen LogP contribution in [0, 0.1) is 0 Å². The molecule has 19 heavy (non-hydrogen) atoms. The first-order valence-corrected chi connectivity index (χ1v) is 6.00. The summed E-state index contributed by atoms with van der Waals surface area (Å²) >= 11 is 0. The summed E-state index contributed by atoms with van der Waals surface area (Å²) in [6.45, 7) is 4.13. The molecule has 0 aromatic carbocycles. The summed E-state index contributed by atoms with van der Waals surface area (Å²) in [4.78, 5) is 23.8. The molecular weight excluding hydrogens is 246 g/mol. The average molecular weight is 263 g/mol. The van der Waals surface area contributed by atoms with Crippen molar-refractivity contribution in [2.75, 3.05) is 5.73 Å². The minimum atomic E-state index is -0.484. The van der Waals surface area contributed by atoms with Gasteiger partial charge < -0.3 is 10.3 Å². The Morgan fingerprint density at radius 3 is 2.63 bits per heavy atom. The molecule has 0 unspecified atom stereocenters. The fourth-order valence-electron chi connectivity index (χ4n) is 1.80. The third-order valence-corrected chi connectivity index (χ3v) is 2.87. The number of aromatic nitrogens is 4. The molecule has 0 bridgehead atoms. The highest BCUT2D eigenvalue weighted by Crippen LogP contribution is 2.04. The highest BCUT2D eigenvalue weighted by molar-refractivity contribution is 5.31. The van der Waals surface area contributed by atoms with Gasteiger partial charge in [-0.3, -0.25) is 14.0 Å². The van der Waals surface area contributed by atoms with Gasteiger partial charge in [0.25, 0.3) is 5.56 Å². The SMILES string of the molecule is CC(C)n1ccc(Cn2c(=O)c(N)cn(C)c2=O)n1. The Hall–Kier alpha value is -2.31. The fraction of sp³-hybridized carbons (Fsp3) is 0.417. The van der Waals surface area contributed by atoms with Crippen LogP contribution in [0.25, 0.3) is 0 Å². The van der Waals surface area contributed by atoms with Crippen molar-refractivity contribution >= 4 is 5.69 Å². The molecule has 2 aromatic rings.